The number of aromatic nitrogens is 2. The van der Waals surface area contributed by atoms with Gasteiger partial charge in [-0.2, -0.15) is 23.5 Å². The Labute approximate surface area is 125 Å². The molecule has 0 amide bonds. The normalized spacial score (nSPS) is 10.8. The fourth-order valence-electron chi connectivity index (χ4n) is 1.87. The summed E-state index contributed by atoms with van der Waals surface area (Å²) in [6, 6.07) is 5.83. The van der Waals surface area contributed by atoms with Gasteiger partial charge in [0.2, 0.25) is 0 Å². The largest absolute Gasteiger partial charge is 0.417 e. The second-order valence-electron chi connectivity index (χ2n) is 4.17. The lowest BCUT2D eigenvalue weighted by Gasteiger charge is -2.13. The van der Waals surface area contributed by atoms with E-state index in [-0.39, 0.29) is 31.1 Å². The minimum absolute atomic E-state index is 0. The third-order valence-corrected chi connectivity index (χ3v) is 2.80. The highest BCUT2D eigenvalue weighted by atomic mass is 35.5. The molecule has 0 saturated carbocycles. The Morgan fingerprint density at radius 2 is 2.05 bits per heavy atom. The van der Waals surface area contributed by atoms with Crippen molar-refractivity contribution < 1.29 is 13.2 Å². The third-order valence-electron chi connectivity index (χ3n) is 2.80. The Morgan fingerprint density at radius 1 is 1.33 bits per heavy atom. The Balaban J connectivity index is 0.00000220. The molecule has 0 bridgehead atoms. The summed E-state index contributed by atoms with van der Waals surface area (Å²) < 4.78 is 40.5. The van der Waals surface area contributed by atoms with Crippen LogP contribution in [0.25, 0.3) is 11.1 Å². The van der Waals surface area contributed by atoms with Crippen LogP contribution in [0.1, 0.15) is 11.1 Å². The third kappa shape index (κ3) is 3.74. The van der Waals surface area contributed by atoms with E-state index in [1.807, 2.05) is 6.07 Å². The Hall–Kier alpha value is -2.04. The van der Waals surface area contributed by atoms with Crippen molar-refractivity contribution in [3.63, 3.8) is 0 Å². The van der Waals surface area contributed by atoms with Gasteiger partial charge in [0, 0.05) is 18.3 Å². The Kier molecular flexibility index (Phi) is 5.35. The maximum Gasteiger partial charge on any atom is 0.417 e. The van der Waals surface area contributed by atoms with Gasteiger partial charge in [0.1, 0.15) is 6.54 Å². The number of hydrogen-bond acceptors (Lipinski definition) is 3. The molecule has 0 aliphatic carbocycles. The SMILES string of the molecule is Cl.N#CCn1cc(-c2ccc(CN)cc2C(F)(F)F)cn1. The molecule has 4 nitrogen and oxygen atoms in total. The van der Waals surface area contributed by atoms with Gasteiger partial charge in [-0.1, -0.05) is 12.1 Å². The molecule has 21 heavy (non-hydrogen) atoms. The first-order valence-electron chi connectivity index (χ1n) is 5.75. The minimum atomic E-state index is -4.47. The standard InChI is InChI=1S/C13H11F3N4.ClH/c14-13(15,16)12-5-9(6-18)1-2-11(12)10-7-19-20(8-10)4-3-17;/h1-2,5,7-8H,4,6,18H2;1H. The van der Waals surface area contributed by atoms with E-state index in [9.17, 15) is 13.2 Å². The van der Waals surface area contributed by atoms with Crippen molar-refractivity contribution in [3.8, 4) is 17.2 Å². The fraction of sp³-hybridized carbons (Fsp3) is 0.231. The van der Waals surface area contributed by atoms with Crippen LogP contribution in [0.15, 0.2) is 30.6 Å². The lowest BCUT2D eigenvalue weighted by molar-refractivity contribution is -0.137. The van der Waals surface area contributed by atoms with Crippen LogP contribution in [0.2, 0.25) is 0 Å². The molecule has 0 radical (unpaired) electrons. The highest BCUT2D eigenvalue weighted by Crippen LogP contribution is 2.37. The van der Waals surface area contributed by atoms with Crippen molar-refractivity contribution in [2.45, 2.75) is 19.3 Å². The molecule has 0 unspecified atom stereocenters. The van der Waals surface area contributed by atoms with Gasteiger partial charge in [-0.25, -0.2) is 0 Å². The zero-order valence-electron chi connectivity index (χ0n) is 10.8. The Bertz CT molecular complexity index is 658. The van der Waals surface area contributed by atoms with Gasteiger partial charge in [0.15, 0.2) is 0 Å². The van der Waals surface area contributed by atoms with E-state index in [2.05, 4.69) is 5.10 Å². The van der Waals surface area contributed by atoms with E-state index in [0.717, 1.165) is 6.07 Å². The first-order chi connectivity index (χ1) is 9.45. The van der Waals surface area contributed by atoms with Gasteiger partial charge in [-0.05, 0) is 17.2 Å². The zero-order valence-corrected chi connectivity index (χ0v) is 11.6. The molecule has 2 rings (SSSR count). The molecule has 8 heteroatoms. The molecule has 0 spiro atoms. The average molecular weight is 317 g/mol. The average Bonchev–Trinajstić information content (AvgIpc) is 2.86. The number of benzene rings is 1. The molecule has 112 valence electrons. The van der Waals surface area contributed by atoms with Crippen molar-refractivity contribution >= 4 is 12.4 Å². The molecule has 0 aliphatic heterocycles. The fourth-order valence-corrected chi connectivity index (χ4v) is 1.87. The van der Waals surface area contributed by atoms with Crippen molar-refractivity contribution in [2.24, 2.45) is 5.73 Å². The highest BCUT2D eigenvalue weighted by molar-refractivity contribution is 5.85. The minimum Gasteiger partial charge on any atom is -0.326 e. The van der Waals surface area contributed by atoms with Crippen LogP contribution in [0, 0.1) is 11.3 Å². The van der Waals surface area contributed by atoms with Crippen LogP contribution < -0.4 is 5.73 Å². The van der Waals surface area contributed by atoms with E-state index in [0.29, 0.717) is 11.1 Å². The maximum atomic E-state index is 13.1. The first-order valence-corrected chi connectivity index (χ1v) is 5.75. The van der Waals surface area contributed by atoms with Gasteiger partial charge >= 0.3 is 6.18 Å². The summed E-state index contributed by atoms with van der Waals surface area (Å²) in [5.41, 5.74) is 5.37. The number of nitrogens with zero attached hydrogens (tertiary/aromatic N) is 3. The predicted molar refractivity (Wildman–Crippen MR) is 73.4 cm³/mol. The summed E-state index contributed by atoms with van der Waals surface area (Å²) in [5, 5.41) is 12.4. The van der Waals surface area contributed by atoms with E-state index >= 15 is 0 Å². The van der Waals surface area contributed by atoms with E-state index in [1.54, 1.807) is 6.07 Å². The van der Waals surface area contributed by atoms with Crippen molar-refractivity contribution in [1.82, 2.24) is 9.78 Å². The Morgan fingerprint density at radius 3 is 2.62 bits per heavy atom. The highest BCUT2D eigenvalue weighted by Gasteiger charge is 2.34. The number of alkyl halides is 3. The molecule has 2 aromatic rings. The van der Waals surface area contributed by atoms with Crippen LogP contribution in [-0.4, -0.2) is 9.78 Å². The summed E-state index contributed by atoms with van der Waals surface area (Å²) in [6.45, 7) is 0.0271. The topological polar surface area (TPSA) is 67.6 Å². The molecule has 0 atom stereocenters. The van der Waals surface area contributed by atoms with Gasteiger partial charge in [-0.3, -0.25) is 4.68 Å². The van der Waals surface area contributed by atoms with E-state index in [1.165, 1.54) is 23.1 Å². The monoisotopic (exact) mass is 316 g/mol. The molecule has 1 aromatic heterocycles. The van der Waals surface area contributed by atoms with Gasteiger partial charge in [0.25, 0.3) is 0 Å². The summed E-state index contributed by atoms with van der Waals surface area (Å²) in [4.78, 5) is 0. The lowest BCUT2D eigenvalue weighted by atomic mass is 9.99. The summed E-state index contributed by atoms with van der Waals surface area (Å²) in [6.07, 6.45) is -1.75. The van der Waals surface area contributed by atoms with E-state index in [4.69, 9.17) is 11.0 Å². The van der Waals surface area contributed by atoms with Crippen molar-refractivity contribution in [3.05, 3.63) is 41.7 Å². The molecular formula is C13H12ClF3N4. The van der Waals surface area contributed by atoms with Gasteiger partial charge < -0.3 is 5.73 Å². The first kappa shape index (κ1) is 17.0. The van der Waals surface area contributed by atoms with E-state index < -0.39 is 11.7 Å². The van der Waals surface area contributed by atoms with Crippen LogP contribution in [0.4, 0.5) is 13.2 Å². The van der Waals surface area contributed by atoms with Crippen molar-refractivity contribution in [2.75, 3.05) is 0 Å². The van der Waals surface area contributed by atoms with Crippen molar-refractivity contribution in [1.29, 1.82) is 5.26 Å². The number of nitriles is 1. The van der Waals surface area contributed by atoms with Crippen LogP contribution in [0.5, 0.6) is 0 Å². The number of rotatable bonds is 3. The smallest absolute Gasteiger partial charge is 0.326 e. The maximum absolute atomic E-state index is 13.1. The van der Waals surface area contributed by atoms with Gasteiger partial charge in [-0.15, -0.1) is 12.4 Å². The van der Waals surface area contributed by atoms with Crippen LogP contribution >= 0.6 is 12.4 Å². The van der Waals surface area contributed by atoms with Crippen LogP contribution in [-0.2, 0) is 19.3 Å². The molecule has 2 N–H and O–H groups in total. The number of nitrogens with two attached hydrogens (primary N) is 1. The molecule has 0 aliphatic rings. The zero-order chi connectivity index (χ0) is 14.8. The molecular weight excluding hydrogens is 305 g/mol. The van der Waals surface area contributed by atoms with Gasteiger partial charge in [0.05, 0.1) is 17.8 Å². The molecule has 0 fully saturated rings. The summed E-state index contributed by atoms with van der Waals surface area (Å²) >= 11 is 0. The van der Waals surface area contributed by atoms with Crippen LogP contribution in [0.3, 0.4) is 0 Å². The summed E-state index contributed by atoms with van der Waals surface area (Å²) in [7, 11) is 0. The lowest BCUT2D eigenvalue weighted by Crippen LogP contribution is -2.09. The predicted octanol–water partition coefficient (Wildman–Crippen LogP) is 2.97. The quantitative estimate of drug-likeness (QED) is 0.946. The molecule has 1 aromatic carbocycles. The number of halogens is 4. The summed E-state index contributed by atoms with van der Waals surface area (Å²) in [5.74, 6) is 0. The number of hydrogen-bond donors (Lipinski definition) is 1. The second-order valence-corrected chi connectivity index (χ2v) is 4.17. The molecule has 0 saturated heterocycles. The second kappa shape index (κ2) is 6.61. The molecule has 1 heterocycles.